The molecule has 28 heavy (non-hydrogen) atoms. The third kappa shape index (κ3) is 3.78. The summed E-state index contributed by atoms with van der Waals surface area (Å²) in [7, 11) is -8.59. The molecule has 0 saturated heterocycles. The standard InChI is InChI=1S/C14H10N4O6S4/c19-27(20,21)7-1-3-9-11(5-7)25-13(15-9)17-18-14-16-10-4-2-8(28(22,23)24)6-12(10)26-14/h1-6H,(H,15,17)(H,16,18)(H,19,20,21)(H,22,23,24). The van der Waals surface area contributed by atoms with Crippen molar-refractivity contribution in [3.63, 3.8) is 0 Å². The molecule has 0 aliphatic heterocycles. The van der Waals surface area contributed by atoms with Crippen molar-refractivity contribution in [2.75, 3.05) is 0 Å². The van der Waals surface area contributed by atoms with Gasteiger partial charge in [-0.3, -0.25) is 9.11 Å². The van der Waals surface area contributed by atoms with Crippen LogP contribution in [0.1, 0.15) is 0 Å². The van der Waals surface area contributed by atoms with Crippen LogP contribution in [0.4, 0.5) is 0 Å². The molecular formula is C14H10N4O6S4. The van der Waals surface area contributed by atoms with Gasteiger partial charge in [-0.25, -0.2) is 0 Å². The summed E-state index contributed by atoms with van der Waals surface area (Å²) in [4.78, 5) is 6.29. The van der Waals surface area contributed by atoms with Gasteiger partial charge in [-0.1, -0.05) is 22.7 Å². The summed E-state index contributed by atoms with van der Waals surface area (Å²) in [5.74, 6) is 0. The summed E-state index contributed by atoms with van der Waals surface area (Å²) in [5, 5.41) is 8.12. The van der Waals surface area contributed by atoms with Gasteiger partial charge in [-0.2, -0.15) is 16.8 Å². The Morgan fingerprint density at radius 3 is 1.46 bits per heavy atom. The number of thiazole rings is 2. The summed E-state index contributed by atoms with van der Waals surface area (Å²) >= 11 is 2.29. The van der Waals surface area contributed by atoms with Crippen LogP contribution < -0.4 is 9.60 Å². The van der Waals surface area contributed by atoms with E-state index in [0.717, 1.165) is 22.7 Å². The molecule has 2 aromatic heterocycles. The monoisotopic (exact) mass is 458 g/mol. The molecule has 0 radical (unpaired) electrons. The highest BCUT2D eigenvalue weighted by atomic mass is 32.2. The van der Waals surface area contributed by atoms with E-state index >= 15 is 0 Å². The van der Waals surface area contributed by atoms with Crippen molar-refractivity contribution in [2.24, 2.45) is 10.2 Å². The Bertz CT molecular complexity index is 1450. The van der Waals surface area contributed by atoms with Gasteiger partial charge in [-0.05, 0) is 36.4 Å². The lowest BCUT2D eigenvalue weighted by Crippen LogP contribution is -2.00. The van der Waals surface area contributed by atoms with Gasteiger partial charge >= 0.3 is 0 Å². The zero-order valence-corrected chi connectivity index (χ0v) is 16.8. The Balaban J connectivity index is 1.77. The molecule has 0 amide bonds. The molecule has 2 aromatic carbocycles. The highest BCUT2D eigenvalue weighted by Gasteiger charge is 2.12. The van der Waals surface area contributed by atoms with Crippen molar-refractivity contribution in [3.8, 4) is 0 Å². The lowest BCUT2D eigenvalue weighted by Gasteiger charge is -1.95. The lowest BCUT2D eigenvalue weighted by atomic mass is 10.3. The third-order valence-electron chi connectivity index (χ3n) is 3.63. The van der Waals surface area contributed by atoms with Gasteiger partial charge in [0.05, 0.1) is 30.2 Å². The van der Waals surface area contributed by atoms with E-state index in [1.807, 2.05) is 0 Å². The minimum Gasteiger partial charge on any atom is -0.329 e. The van der Waals surface area contributed by atoms with Gasteiger partial charge in [0, 0.05) is 0 Å². The second-order valence-electron chi connectivity index (χ2n) is 5.53. The molecule has 10 nitrogen and oxygen atoms in total. The molecule has 4 rings (SSSR count). The Morgan fingerprint density at radius 1 is 0.714 bits per heavy atom. The van der Waals surface area contributed by atoms with Gasteiger partial charge in [0.25, 0.3) is 20.2 Å². The van der Waals surface area contributed by atoms with E-state index in [4.69, 9.17) is 9.11 Å². The first-order chi connectivity index (χ1) is 13.1. The Hall–Kier alpha value is -2.36. The number of nitrogens with one attached hydrogen (secondary N) is 2. The molecule has 0 fully saturated rings. The van der Waals surface area contributed by atoms with Crippen LogP contribution in [0.25, 0.3) is 20.4 Å². The summed E-state index contributed by atoms with van der Waals surface area (Å²) < 4.78 is 64.2. The van der Waals surface area contributed by atoms with Gasteiger partial charge < -0.3 is 9.97 Å². The molecule has 0 spiro atoms. The van der Waals surface area contributed by atoms with Gasteiger partial charge in [-0.15, -0.1) is 10.2 Å². The summed E-state index contributed by atoms with van der Waals surface area (Å²) in [6.45, 7) is 0. The van der Waals surface area contributed by atoms with E-state index < -0.39 is 20.2 Å². The molecule has 146 valence electrons. The van der Waals surface area contributed by atoms with Crippen LogP contribution in [0.2, 0.25) is 0 Å². The molecule has 4 N–H and O–H groups in total. The highest BCUT2D eigenvalue weighted by Crippen LogP contribution is 2.20. The average molecular weight is 459 g/mol. The minimum atomic E-state index is -4.29. The number of rotatable bonds is 3. The molecule has 0 unspecified atom stereocenters. The fourth-order valence-electron chi connectivity index (χ4n) is 2.37. The van der Waals surface area contributed by atoms with Crippen LogP contribution in [-0.4, -0.2) is 35.9 Å². The lowest BCUT2D eigenvalue weighted by molar-refractivity contribution is 0.481. The first-order valence-electron chi connectivity index (χ1n) is 7.38. The largest absolute Gasteiger partial charge is 0.329 e. The summed E-state index contributed by atoms with van der Waals surface area (Å²) in [6, 6.07) is 8.22. The maximum atomic E-state index is 11.2. The molecule has 4 aromatic rings. The summed E-state index contributed by atoms with van der Waals surface area (Å²) in [5.41, 5.74) is 1.26. The average Bonchev–Trinajstić information content (AvgIpc) is 3.19. The molecule has 0 saturated carbocycles. The number of benzene rings is 2. The van der Waals surface area contributed by atoms with Crippen LogP contribution in [0.3, 0.4) is 0 Å². The Kier molecular flexibility index (Phi) is 4.48. The van der Waals surface area contributed by atoms with Gasteiger partial charge in [0.1, 0.15) is 0 Å². The zero-order valence-electron chi connectivity index (χ0n) is 13.5. The van der Waals surface area contributed by atoms with Crippen molar-refractivity contribution in [1.82, 2.24) is 9.97 Å². The molecule has 0 aliphatic rings. The second-order valence-corrected chi connectivity index (χ2v) is 10.4. The Morgan fingerprint density at radius 2 is 1.11 bits per heavy atom. The third-order valence-corrected chi connectivity index (χ3v) is 7.20. The summed E-state index contributed by atoms with van der Waals surface area (Å²) in [6.07, 6.45) is 0. The van der Waals surface area contributed by atoms with Crippen LogP contribution in [0, 0.1) is 0 Å². The number of hydrogen-bond donors (Lipinski definition) is 4. The van der Waals surface area contributed by atoms with Crippen LogP contribution in [0.15, 0.2) is 56.4 Å². The van der Waals surface area contributed by atoms with Gasteiger partial charge in [0.2, 0.25) is 9.60 Å². The fourth-order valence-corrected chi connectivity index (χ4v) is 5.27. The topological polar surface area (TPSA) is 165 Å². The highest BCUT2D eigenvalue weighted by molar-refractivity contribution is 7.86. The maximum Gasteiger partial charge on any atom is 0.294 e. The molecule has 14 heteroatoms. The van der Waals surface area contributed by atoms with Crippen molar-refractivity contribution in [1.29, 1.82) is 0 Å². The zero-order chi connectivity index (χ0) is 20.1. The second kappa shape index (κ2) is 6.61. The van der Waals surface area contributed by atoms with Gasteiger partial charge in [0.15, 0.2) is 0 Å². The molecular weight excluding hydrogens is 448 g/mol. The van der Waals surface area contributed by atoms with Crippen LogP contribution >= 0.6 is 22.7 Å². The molecule has 0 aliphatic carbocycles. The molecule has 0 bridgehead atoms. The predicted octanol–water partition coefficient (Wildman–Crippen LogP) is 1.68. The first-order valence-corrected chi connectivity index (χ1v) is 11.9. The van der Waals surface area contributed by atoms with E-state index in [-0.39, 0.29) is 9.79 Å². The smallest absolute Gasteiger partial charge is 0.294 e. The van der Waals surface area contributed by atoms with E-state index in [1.54, 1.807) is 0 Å². The number of fused-ring (bicyclic) bond motifs is 2. The number of hydrogen-bond acceptors (Lipinski definition) is 8. The van der Waals surface area contributed by atoms with Crippen LogP contribution in [0.5, 0.6) is 0 Å². The first kappa shape index (κ1) is 19.0. The normalized spacial score (nSPS) is 14.4. The quantitative estimate of drug-likeness (QED) is 0.269. The predicted molar refractivity (Wildman–Crippen MR) is 103 cm³/mol. The van der Waals surface area contributed by atoms with Crippen molar-refractivity contribution in [3.05, 3.63) is 46.0 Å². The number of aromatic nitrogens is 2. The minimum absolute atomic E-state index is 0.216. The van der Waals surface area contributed by atoms with E-state index in [2.05, 4.69) is 20.2 Å². The van der Waals surface area contributed by atoms with Crippen molar-refractivity contribution >= 4 is 63.3 Å². The van der Waals surface area contributed by atoms with E-state index in [9.17, 15) is 16.8 Å². The number of H-pyrrole nitrogens is 2. The molecule has 0 atom stereocenters. The maximum absolute atomic E-state index is 11.2. The van der Waals surface area contributed by atoms with E-state index in [0.29, 0.717) is 30.0 Å². The van der Waals surface area contributed by atoms with Crippen molar-refractivity contribution < 1.29 is 25.9 Å². The van der Waals surface area contributed by atoms with Crippen molar-refractivity contribution in [2.45, 2.75) is 9.79 Å². The molecule has 2 heterocycles. The SMILES string of the molecule is O=S(=O)(O)c1ccc2[nH]c(=NN=c3[nH]c4ccc(S(=O)(=O)O)cc4s3)sc2c1. The fraction of sp³-hybridized carbons (Fsp3) is 0. The Labute approximate surface area is 165 Å². The number of aromatic amines is 2. The van der Waals surface area contributed by atoms with Crippen LogP contribution in [-0.2, 0) is 20.2 Å². The number of nitrogens with zero attached hydrogens (tertiary/aromatic N) is 2. The van der Waals surface area contributed by atoms with E-state index in [1.165, 1.54) is 36.4 Å².